The van der Waals surface area contributed by atoms with Crippen LogP contribution < -0.4 is 0 Å². The summed E-state index contributed by atoms with van der Waals surface area (Å²) in [4.78, 5) is 1.93. The van der Waals surface area contributed by atoms with E-state index >= 15 is 0 Å². The van der Waals surface area contributed by atoms with Gasteiger partial charge in [-0.2, -0.15) is 0 Å². The zero-order valence-corrected chi connectivity index (χ0v) is 9.68. The topological polar surface area (TPSA) is 104 Å². The number of nitrogens with zero attached hydrogens (tertiary/aromatic N) is 1. The van der Waals surface area contributed by atoms with Crippen molar-refractivity contribution in [2.45, 2.75) is 43.2 Å². The smallest absolute Gasteiger partial charge is 0.106 e. The number of fused-ring (bicyclic) bond motifs is 1. The molecule has 1 saturated heterocycles. The lowest BCUT2D eigenvalue weighted by Crippen LogP contribution is -2.56. The summed E-state index contributed by atoms with van der Waals surface area (Å²) < 4.78 is 0. The molecule has 6 nitrogen and oxygen atoms in total. The van der Waals surface area contributed by atoms with Crippen LogP contribution in [0.5, 0.6) is 0 Å². The minimum absolute atomic E-state index is 0.0762. The molecule has 1 heterocycles. The van der Waals surface area contributed by atoms with Crippen LogP contribution in [0.2, 0.25) is 0 Å². The molecular weight excluding hydrogens is 226 g/mol. The van der Waals surface area contributed by atoms with Crippen LogP contribution in [-0.4, -0.2) is 80.6 Å². The Labute approximate surface area is 100 Å². The molecule has 100 valence electrons. The van der Waals surface area contributed by atoms with Gasteiger partial charge in [-0.1, -0.05) is 0 Å². The maximum Gasteiger partial charge on any atom is 0.106 e. The van der Waals surface area contributed by atoms with E-state index in [0.717, 1.165) is 0 Å². The number of hydrogen-bond donors (Lipinski definition) is 5. The maximum absolute atomic E-state index is 9.90. The molecule has 2 rings (SSSR count). The van der Waals surface area contributed by atoms with Crippen molar-refractivity contribution >= 4 is 0 Å². The highest BCUT2D eigenvalue weighted by molar-refractivity contribution is 5.02. The summed E-state index contributed by atoms with van der Waals surface area (Å²) in [5, 5.41) is 47.6. The van der Waals surface area contributed by atoms with Gasteiger partial charge in [0.1, 0.15) is 6.10 Å². The fraction of sp³-hybridized carbons (Fsp3) is 1.00. The predicted octanol–water partition coefficient (Wildman–Crippen LogP) is -2.48. The highest BCUT2D eigenvalue weighted by atomic mass is 16.4. The van der Waals surface area contributed by atoms with Gasteiger partial charge in [-0.15, -0.1) is 0 Å². The van der Waals surface area contributed by atoms with Gasteiger partial charge in [-0.3, -0.25) is 4.90 Å². The van der Waals surface area contributed by atoms with Crippen molar-refractivity contribution in [1.29, 1.82) is 0 Å². The van der Waals surface area contributed by atoms with E-state index in [-0.39, 0.29) is 31.2 Å². The van der Waals surface area contributed by atoms with Crippen molar-refractivity contribution in [3.05, 3.63) is 0 Å². The van der Waals surface area contributed by atoms with Crippen LogP contribution in [0.3, 0.4) is 0 Å². The zero-order chi connectivity index (χ0) is 12.6. The van der Waals surface area contributed by atoms with E-state index in [0.29, 0.717) is 19.4 Å². The number of aliphatic hydroxyl groups is 5. The Morgan fingerprint density at radius 1 is 1.06 bits per heavy atom. The molecule has 0 unspecified atom stereocenters. The first-order valence-corrected chi connectivity index (χ1v) is 6.11. The number of likely N-dealkylation sites (tertiary alicyclic amines) is 1. The van der Waals surface area contributed by atoms with Gasteiger partial charge in [0.15, 0.2) is 0 Å². The molecule has 5 atom stereocenters. The van der Waals surface area contributed by atoms with Gasteiger partial charge in [0.25, 0.3) is 0 Å². The van der Waals surface area contributed by atoms with Crippen LogP contribution in [0.1, 0.15) is 12.8 Å². The number of aliphatic hydroxyl groups excluding tert-OH is 5. The molecule has 0 spiro atoms. The number of hydrogen-bond acceptors (Lipinski definition) is 6. The molecule has 1 aliphatic carbocycles. The largest absolute Gasteiger partial charge is 0.395 e. The van der Waals surface area contributed by atoms with Crippen LogP contribution >= 0.6 is 0 Å². The molecule has 0 bridgehead atoms. The Bertz CT molecular complexity index is 260. The van der Waals surface area contributed by atoms with Gasteiger partial charge in [-0.25, -0.2) is 0 Å². The predicted molar refractivity (Wildman–Crippen MR) is 59.2 cm³/mol. The summed E-state index contributed by atoms with van der Waals surface area (Å²) >= 11 is 0. The van der Waals surface area contributed by atoms with E-state index in [9.17, 15) is 25.5 Å². The first-order chi connectivity index (χ1) is 8.10. The van der Waals surface area contributed by atoms with Gasteiger partial charge < -0.3 is 25.5 Å². The zero-order valence-electron chi connectivity index (χ0n) is 9.68. The van der Waals surface area contributed by atoms with E-state index < -0.39 is 18.3 Å². The summed E-state index contributed by atoms with van der Waals surface area (Å²) in [6.07, 6.45) is -1.86. The number of rotatable bonds is 3. The van der Waals surface area contributed by atoms with Crippen LogP contribution in [0, 0.1) is 5.92 Å². The molecule has 0 aromatic rings. The molecule has 6 heteroatoms. The Morgan fingerprint density at radius 3 is 2.29 bits per heavy atom. The Balaban J connectivity index is 2.11. The first-order valence-electron chi connectivity index (χ1n) is 6.11. The van der Waals surface area contributed by atoms with Crippen molar-refractivity contribution in [2.75, 3.05) is 19.8 Å². The molecule has 0 aromatic heterocycles. The minimum atomic E-state index is -1.09. The SMILES string of the molecule is OCC(CO)N1CC[C@@H]2[C@@H](O)[C@H](O)[C@@H](O)C[C@@H]21. The van der Waals surface area contributed by atoms with Crippen LogP contribution in [0.15, 0.2) is 0 Å². The van der Waals surface area contributed by atoms with E-state index in [1.54, 1.807) is 0 Å². The second-order valence-electron chi connectivity index (χ2n) is 5.06. The highest BCUT2D eigenvalue weighted by Crippen LogP contribution is 2.37. The monoisotopic (exact) mass is 247 g/mol. The molecule has 5 N–H and O–H groups in total. The molecule has 2 aliphatic rings. The van der Waals surface area contributed by atoms with Gasteiger partial charge in [-0.05, 0) is 19.4 Å². The van der Waals surface area contributed by atoms with Gasteiger partial charge in [0, 0.05) is 12.0 Å². The standard InChI is InChI=1S/C11H21NO5/c13-4-6(5-14)12-2-1-7-8(12)3-9(15)11(17)10(7)16/h6-11,13-17H,1-5H2/t7-,8-,9-,10+,11+/m0/s1. The molecule has 0 amide bonds. The van der Waals surface area contributed by atoms with Gasteiger partial charge in [0.2, 0.25) is 0 Å². The lowest BCUT2D eigenvalue weighted by molar-refractivity contribution is -0.127. The average molecular weight is 247 g/mol. The lowest BCUT2D eigenvalue weighted by atomic mass is 9.79. The summed E-state index contributed by atoms with van der Waals surface area (Å²) in [5.74, 6) is -0.0889. The van der Waals surface area contributed by atoms with Gasteiger partial charge >= 0.3 is 0 Å². The molecule has 0 radical (unpaired) electrons. The Hall–Kier alpha value is -0.240. The third-order valence-corrected chi connectivity index (χ3v) is 4.20. The summed E-state index contributed by atoms with van der Waals surface area (Å²) in [5.41, 5.74) is 0. The van der Waals surface area contributed by atoms with E-state index in [4.69, 9.17) is 0 Å². The normalized spacial score (nSPS) is 43.1. The van der Waals surface area contributed by atoms with Crippen LogP contribution in [0.4, 0.5) is 0 Å². The van der Waals surface area contributed by atoms with E-state index in [1.807, 2.05) is 4.90 Å². The second-order valence-corrected chi connectivity index (χ2v) is 5.06. The quantitative estimate of drug-likeness (QED) is 0.378. The van der Waals surface area contributed by atoms with Crippen LogP contribution in [-0.2, 0) is 0 Å². The van der Waals surface area contributed by atoms with Crippen molar-refractivity contribution in [3.63, 3.8) is 0 Å². The maximum atomic E-state index is 9.90. The lowest BCUT2D eigenvalue weighted by Gasteiger charge is -2.42. The first kappa shape index (κ1) is 13.2. The summed E-state index contributed by atoms with van der Waals surface area (Å²) in [6.45, 7) is 0.376. The second kappa shape index (κ2) is 5.17. The fourth-order valence-corrected chi connectivity index (χ4v) is 3.20. The summed E-state index contributed by atoms with van der Waals surface area (Å²) in [6, 6.07) is -0.424. The summed E-state index contributed by atoms with van der Waals surface area (Å²) in [7, 11) is 0. The molecular formula is C11H21NO5. The van der Waals surface area contributed by atoms with E-state index in [1.165, 1.54) is 0 Å². The molecule has 1 aliphatic heterocycles. The molecule has 1 saturated carbocycles. The van der Waals surface area contributed by atoms with Crippen molar-refractivity contribution in [2.24, 2.45) is 5.92 Å². The van der Waals surface area contributed by atoms with Crippen molar-refractivity contribution in [1.82, 2.24) is 4.90 Å². The highest BCUT2D eigenvalue weighted by Gasteiger charge is 2.49. The third-order valence-electron chi connectivity index (χ3n) is 4.20. The minimum Gasteiger partial charge on any atom is -0.395 e. The Kier molecular flexibility index (Phi) is 4.02. The van der Waals surface area contributed by atoms with Crippen LogP contribution in [0.25, 0.3) is 0 Å². The van der Waals surface area contributed by atoms with Gasteiger partial charge in [0.05, 0.1) is 31.5 Å². The van der Waals surface area contributed by atoms with E-state index in [2.05, 4.69) is 0 Å². The molecule has 2 fully saturated rings. The molecule has 17 heavy (non-hydrogen) atoms. The average Bonchev–Trinajstić information content (AvgIpc) is 2.72. The van der Waals surface area contributed by atoms with Crippen molar-refractivity contribution < 1.29 is 25.5 Å². The fourth-order valence-electron chi connectivity index (χ4n) is 3.20. The van der Waals surface area contributed by atoms with Crippen molar-refractivity contribution in [3.8, 4) is 0 Å². The molecule has 0 aromatic carbocycles. The Morgan fingerprint density at radius 2 is 1.71 bits per heavy atom. The third kappa shape index (κ3) is 2.21.